The first kappa shape index (κ1) is 21.2. The van der Waals surface area contributed by atoms with Crippen molar-refractivity contribution in [2.45, 2.75) is 38.4 Å². The zero-order valence-corrected chi connectivity index (χ0v) is 18.5. The number of nitrogens with zero attached hydrogens (tertiary/aromatic N) is 2. The van der Waals surface area contributed by atoms with Crippen molar-refractivity contribution in [1.82, 2.24) is 10.2 Å². The van der Waals surface area contributed by atoms with E-state index in [1.54, 1.807) is 20.9 Å². The Balaban J connectivity index is 1.97. The van der Waals surface area contributed by atoms with Gasteiger partial charge in [-0.1, -0.05) is 41.4 Å². The first-order valence-electron chi connectivity index (χ1n) is 9.11. The van der Waals surface area contributed by atoms with Gasteiger partial charge in [-0.3, -0.25) is 4.99 Å². The average molecular weight is 444 g/mol. The molecule has 1 atom stereocenters. The molecule has 0 spiro atoms. The molecule has 5 nitrogen and oxygen atoms in total. The molecule has 1 N–H and O–H groups in total. The summed E-state index contributed by atoms with van der Waals surface area (Å²) in [5.41, 5.74) is 1.31. The van der Waals surface area contributed by atoms with Gasteiger partial charge in [0.1, 0.15) is 0 Å². The third-order valence-electron chi connectivity index (χ3n) is 5.09. The predicted molar refractivity (Wildman–Crippen MR) is 112 cm³/mol. The summed E-state index contributed by atoms with van der Waals surface area (Å²) in [4.78, 5) is 6.44. The van der Waals surface area contributed by atoms with Gasteiger partial charge in [-0.15, -0.1) is 0 Å². The smallest absolute Gasteiger partial charge is 0.193 e. The summed E-state index contributed by atoms with van der Waals surface area (Å²) in [6.07, 6.45) is 2.07. The van der Waals surface area contributed by atoms with Crippen LogP contribution in [0, 0.1) is 5.92 Å². The van der Waals surface area contributed by atoms with Crippen LogP contribution in [0.15, 0.2) is 33.7 Å². The summed E-state index contributed by atoms with van der Waals surface area (Å²) in [7, 11) is -1.29. The van der Waals surface area contributed by atoms with Gasteiger partial charge in [0.15, 0.2) is 15.8 Å². The lowest BCUT2D eigenvalue weighted by Gasteiger charge is -2.39. The van der Waals surface area contributed by atoms with Crippen molar-refractivity contribution in [3.05, 3.63) is 34.3 Å². The number of hydrogen-bond acceptors (Lipinski definition) is 3. The van der Waals surface area contributed by atoms with E-state index in [4.69, 9.17) is 0 Å². The van der Waals surface area contributed by atoms with Crippen LogP contribution in [0.3, 0.4) is 0 Å². The van der Waals surface area contributed by atoms with E-state index in [9.17, 15) is 8.42 Å². The van der Waals surface area contributed by atoms with Crippen LogP contribution in [-0.4, -0.2) is 56.5 Å². The van der Waals surface area contributed by atoms with Crippen LogP contribution in [0.4, 0.5) is 0 Å². The molecule has 0 saturated carbocycles. The zero-order chi connectivity index (χ0) is 19.4. The first-order valence-corrected chi connectivity index (χ1v) is 11.6. The topological polar surface area (TPSA) is 61.8 Å². The van der Waals surface area contributed by atoms with Gasteiger partial charge in [0.05, 0.1) is 10.5 Å². The van der Waals surface area contributed by atoms with Crippen LogP contribution in [0.5, 0.6) is 0 Å². The highest BCUT2D eigenvalue weighted by molar-refractivity contribution is 9.10. The van der Waals surface area contributed by atoms with Crippen LogP contribution < -0.4 is 5.32 Å². The fourth-order valence-electron chi connectivity index (χ4n) is 3.25. The minimum absolute atomic E-state index is 0.177. The number of aliphatic imine (C=N–C) groups is 1. The molecular formula is C19H30BrN3O2S. The number of benzene rings is 1. The molecule has 146 valence electrons. The Morgan fingerprint density at radius 2 is 2.15 bits per heavy atom. The molecule has 0 radical (unpaired) electrons. The van der Waals surface area contributed by atoms with E-state index in [-0.39, 0.29) is 5.75 Å². The predicted octanol–water partition coefficient (Wildman–Crippen LogP) is 3.10. The molecule has 0 aliphatic carbocycles. The Hall–Kier alpha value is -1.08. The number of sulfone groups is 1. The quantitative estimate of drug-likeness (QED) is 0.560. The summed E-state index contributed by atoms with van der Waals surface area (Å²) in [6.45, 7) is 7.57. The van der Waals surface area contributed by atoms with Crippen LogP contribution in [0.25, 0.3) is 0 Å². The van der Waals surface area contributed by atoms with Gasteiger partial charge in [0.2, 0.25) is 0 Å². The summed E-state index contributed by atoms with van der Waals surface area (Å²) in [5.74, 6) is 1.46. The Bertz CT molecular complexity index is 747. The Kier molecular flexibility index (Phi) is 7.13. The third-order valence-corrected chi connectivity index (χ3v) is 8.12. The maximum atomic E-state index is 12.2. The van der Waals surface area contributed by atoms with Crippen LogP contribution in [0.1, 0.15) is 32.8 Å². The van der Waals surface area contributed by atoms with Crippen molar-refractivity contribution in [3.8, 4) is 0 Å². The molecular weight excluding hydrogens is 414 g/mol. The van der Waals surface area contributed by atoms with Crippen LogP contribution in [0.2, 0.25) is 0 Å². The fourth-order valence-corrected chi connectivity index (χ4v) is 5.06. The normalized spacial score (nSPS) is 20.7. The molecule has 0 bridgehead atoms. The molecule has 1 saturated heterocycles. The summed E-state index contributed by atoms with van der Waals surface area (Å²) < 4.78 is 24.8. The van der Waals surface area contributed by atoms with Crippen molar-refractivity contribution in [3.63, 3.8) is 0 Å². The summed E-state index contributed by atoms with van der Waals surface area (Å²) in [5, 5.41) is 3.46. The molecule has 7 heteroatoms. The van der Waals surface area contributed by atoms with E-state index < -0.39 is 14.6 Å². The lowest BCUT2D eigenvalue weighted by atomic mass is 9.97. The Morgan fingerprint density at radius 3 is 2.73 bits per heavy atom. The molecule has 26 heavy (non-hydrogen) atoms. The Labute approximate surface area is 166 Å². The van der Waals surface area contributed by atoms with E-state index in [1.165, 1.54) is 5.56 Å². The minimum Gasteiger partial charge on any atom is -0.356 e. The molecule has 1 aromatic rings. The van der Waals surface area contributed by atoms with Gasteiger partial charge in [0.25, 0.3) is 0 Å². The van der Waals surface area contributed by atoms with Gasteiger partial charge < -0.3 is 10.2 Å². The molecule has 1 heterocycles. The van der Waals surface area contributed by atoms with E-state index in [1.807, 2.05) is 6.07 Å². The van der Waals surface area contributed by atoms with Crippen LogP contribution >= 0.6 is 15.9 Å². The first-order chi connectivity index (χ1) is 12.2. The third kappa shape index (κ3) is 5.22. The second kappa shape index (κ2) is 8.74. The maximum Gasteiger partial charge on any atom is 0.193 e. The van der Waals surface area contributed by atoms with Gasteiger partial charge in [-0.2, -0.15) is 0 Å². The highest BCUT2D eigenvalue weighted by atomic mass is 79.9. The number of halogens is 1. The van der Waals surface area contributed by atoms with E-state index in [2.05, 4.69) is 56.3 Å². The lowest BCUT2D eigenvalue weighted by molar-refractivity contribution is 0.349. The molecule has 1 fully saturated rings. The van der Waals surface area contributed by atoms with Crippen molar-refractivity contribution in [2.75, 3.05) is 32.4 Å². The van der Waals surface area contributed by atoms with Crippen LogP contribution in [-0.2, 0) is 16.3 Å². The number of guanidine groups is 1. The molecule has 0 aromatic heterocycles. The van der Waals surface area contributed by atoms with Crippen molar-refractivity contribution in [1.29, 1.82) is 0 Å². The highest BCUT2D eigenvalue weighted by Gasteiger charge is 2.40. The van der Waals surface area contributed by atoms with Crippen molar-refractivity contribution < 1.29 is 8.42 Å². The molecule has 0 amide bonds. The van der Waals surface area contributed by atoms with E-state index in [0.717, 1.165) is 29.8 Å². The minimum atomic E-state index is -3.05. The molecule has 1 unspecified atom stereocenters. The van der Waals surface area contributed by atoms with Gasteiger partial charge >= 0.3 is 0 Å². The Morgan fingerprint density at radius 1 is 1.42 bits per heavy atom. The lowest BCUT2D eigenvalue weighted by Crippen LogP contribution is -2.57. The molecule has 1 aromatic carbocycles. The number of rotatable bonds is 5. The fraction of sp³-hybridized carbons (Fsp3) is 0.632. The van der Waals surface area contributed by atoms with Crippen molar-refractivity contribution >= 4 is 31.7 Å². The molecule has 1 aliphatic heterocycles. The SMILES string of the molecule is CCC(CNC(=NC)N1CCS(=O)(=O)C(C)(C)C1)Cc1cccc(Br)c1. The van der Waals surface area contributed by atoms with Gasteiger partial charge in [-0.25, -0.2) is 8.42 Å². The van der Waals surface area contributed by atoms with Gasteiger partial charge in [-0.05, 0) is 43.9 Å². The van der Waals surface area contributed by atoms with E-state index in [0.29, 0.717) is 19.0 Å². The standard InChI is InChI=1S/C19H30BrN3O2S/c1-5-15(11-16-7-6-8-17(20)12-16)13-22-18(21-4)23-9-10-26(24,25)19(2,3)14-23/h6-8,12,15H,5,9-11,13-14H2,1-4H3,(H,21,22). The second-order valence-electron chi connectivity index (χ2n) is 7.54. The van der Waals surface area contributed by atoms with Crippen molar-refractivity contribution in [2.24, 2.45) is 10.9 Å². The maximum absolute atomic E-state index is 12.2. The van der Waals surface area contributed by atoms with E-state index >= 15 is 0 Å². The average Bonchev–Trinajstić information content (AvgIpc) is 2.57. The summed E-state index contributed by atoms with van der Waals surface area (Å²) >= 11 is 3.53. The molecule has 1 aliphatic rings. The monoisotopic (exact) mass is 443 g/mol. The largest absolute Gasteiger partial charge is 0.356 e. The number of nitrogens with one attached hydrogen (secondary N) is 1. The zero-order valence-electron chi connectivity index (χ0n) is 16.1. The number of hydrogen-bond donors (Lipinski definition) is 1. The summed E-state index contributed by atoms with van der Waals surface area (Å²) in [6, 6.07) is 8.42. The highest BCUT2D eigenvalue weighted by Crippen LogP contribution is 2.24. The second-order valence-corrected chi connectivity index (χ2v) is 11.2. The van der Waals surface area contributed by atoms with Gasteiger partial charge in [0, 0.05) is 31.2 Å². The molecule has 2 rings (SSSR count).